The third-order valence-electron chi connectivity index (χ3n) is 5.24. The van der Waals surface area contributed by atoms with Crippen LogP contribution in [0.4, 0.5) is 0 Å². The van der Waals surface area contributed by atoms with Crippen LogP contribution in [-0.4, -0.2) is 60.3 Å². The van der Waals surface area contributed by atoms with Crippen molar-refractivity contribution in [2.24, 2.45) is 5.92 Å². The Kier molecular flexibility index (Phi) is 6.69. The smallest absolute Gasteiger partial charge is 0.118 e. The minimum atomic E-state index is 0.754. The molecule has 1 saturated heterocycles. The van der Waals surface area contributed by atoms with Crippen molar-refractivity contribution in [2.75, 3.05) is 40.3 Å². The Morgan fingerprint density at radius 1 is 1.31 bits per heavy atom. The van der Waals surface area contributed by atoms with Crippen LogP contribution in [0.3, 0.4) is 0 Å². The van der Waals surface area contributed by atoms with E-state index in [1.165, 1.54) is 31.5 Å². The quantitative estimate of drug-likeness (QED) is 0.789. The molecule has 1 aliphatic rings. The lowest BCUT2D eigenvalue weighted by Crippen LogP contribution is -2.40. The number of nitrogens with one attached hydrogen (secondary N) is 1. The molecule has 5 heteroatoms. The maximum Gasteiger partial charge on any atom is 0.118 e. The number of ether oxygens (including phenoxy) is 1. The Balaban J connectivity index is 1.42. The zero-order valence-corrected chi connectivity index (χ0v) is 16.4. The zero-order valence-electron chi connectivity index (χ0n) is 16.4. The molecule has 1 aromatic heterocycles. The Hall–Kier alpha value is -1.85. The predicted octanol–water partition coefficient (Wildman–Crippen LogP) is 3.11. The highest BCUT2D eigenvalue weighted by Gasteiger charge is 2.21. The Bertz CT molecular complexity index is 667. The molecule has 0 saturated carbocycles. The third-order valence-corrected chi connectivity index (χ3v) is 5.24. The summed E-state index contributed by atoms with van der Waals surface area (Å²) in [6, 6.07) is 10.6. The van der Waals surface area contributed by atoms with Crippen LogP contribution in [0.2, 0.25) is 0 Å². The van der Waals surface area contributed by atoms with Crippen molar-refractivity contribution in [3.8, 4) is 5.75 Å². The molecule has 2 heterocycles. The van der Waals surface area contributed by atoms with E-state index in [1.54, 1.807) is 7.11 Å². The van der Waals surface area contributed by atoms with E-state index >= 15 is 0 Å². The summed E-state index contributed by atoms with van der Waals surface area (Å²) in [5.74, 6) is 1.69. The summed E-state index contributed by atoms with van der Waals surface area (Å²) in [5.41, 5.74) is 3.66. The molecule has 26 heavy (non-hydrogen) atoms. The number of H-pyrrole nitrogens is 1. The maximum atomic E-state index is 5.24. The molecular formula is C21H32N4O. The fraction of sp³-hybridized carbons (Fsp3) is 0.571. The van der Waals surface area contributed by atoms with Crippen molar-refractivity contribution < 1.29 is 4.74 Å². The van der Waals surface area contributed by atoms with Gasteiger partial charge in [0.25, 0.3) is 0 Å². The van der Waals surface area contributed by atoms with E-state index in [4.69, 9.17) is 4.74 Å². The minimum absolute atomic E-state index is 0.754. The Morgan fingerprint density at radius 2 is 2.12 bits per heavy atom. The van der Waals surface area contributed by atoms with E-state index in [-0.39, 0.29) is 0 Å². The number of methoxy groups -OCH3 is 1. The van der Waals surface area contributed by atoms with Crippen LogP contribution in [0.25, 0.3) is 0 Å². The van der Waals surface area contributed by atoms with Crippen LogP contribution in [0, 0.1) is 12.8 Å². The summed E-state index contributed by atoms with van der Waals surface area (Å²) in [5, 5.41) is 7.38. The number of hydrogen-bond donors (Lipinski definition) is 1. The first kappa shape index (κ1) is 18.9. The number of likely N-dealkylation sites (tertiary alicyclic amines) is 1. The lowest BCUT2D eigenvalue weighted by Gasteiger charge is -2.34. The average Bonchev–Trinajstić information content (AvgIpc) is 3.05. The van der Waals surface area contributed by atoms with Crippen LogP contribution in [0.15, 0.2) is 30.3 Å². The topological polar surface area (TPSA) is 44.4 Å². The summed E-state index contributed by atoms with van der Waals surface area (Å²) >= 11 is 0. The molecule has 1 atom stereocenters. The van der Waals surface area contributed by atoms with E-state index in [9.17, 15) is 0 Å². The van der Waals surface area contributed by atoms with Crippen LogP contribution >= 0.6 is 0 Å². The van der Waals surface area contributed by atoms with Crippen molar-refractivity contribution in [3.63, 3.8) is 0 Å². The molecule has 2 aromatic rings. The van der Waals surface area contributed by atoms with E-state index in [0.717, 1.165) is 49.1 Å². The molecule has 1 fully saturated rings. The number of piperidine rings is 1. The van der Waals surface area contributed by atoms with Crippen molar-refractivity contribution in [1.82, 2.24) is 20.0 Å². The molecule has 142 valence electrons. The molecule has 0 spiro atoms. The lowest BCUT2D eigenvalue weighted by atomic mass is 9.97. The molecule has 3 rings (SSSR count). The first-order valence-corrected chi connectivity index (χ1v) is 9.67. The summed E-state index contributed by atoms with van der Waals surface area (Å²) in [7, 11) is 3.92. The van der Waals surface area contributed by atoms with Gasteiger partial charge in [0.2, 0.25) is 0 Å². The summed E-state index contributed by atoms with van der Waals surface area (Å²) in [4.78, 5) is 5.04. The SMILES string of the molecule is COc1ccc(CCN2CCCC(CN(C)Cc3cc(C)[nH]n3)C2)cc1. The van der Waals surface area contributed by atoms with E-state index in [2.05, 4.69) is 64.3 Å². The number of hydrogen-bond acceptors (Lipinski definition) is 4. The summed E-state index contributed by atoms with van der Waals surface area (Å²) in [6.07, 6.45) is 3.75. The highest BCUT2D eigenvalue weighted by molar-refractivity contribution is 5.27. The predicted molar refractivity (Wildman–Crippen MR) is 106 cm³/mol. The fourth-order valence-electron chi connectivity index (χ4n) is 3.92. The molecule has 0 bridgehead atoms. The van der Waals surface area contributed by atoms with Gasteiger partial charge < -0.3 is 14.5 Å². The van der Waals surface area contributed by atoms with Crippen molar-refractivity contribution in [3.05, 3.63) is 47.3 Å². The molecule has 5 nitrogen and oxygen atoms in total. The maximum absolute atomic E-state index is 5.24. The molecule has 1 aliphatic heterocycles. The first-order valence-electron chi connectivity index (χ1n) is 9.67. The number of rotatable bonds is 8. The number of aromatic amines is 1. The third kappa shape index (κ3) is 5.58. The van der Waals surface area contributed by atoms with Crippen molar-refractivity contribution in [2.45, 2.75) is 32.7 Å². The molecule has 1 unspecified atom stereocenters. The first-order chi connectivity index (χ1) is 12.6. The van der Waals surface area contributed by atoms with Crippen LogP contribution in [0.1, 0.15) is 29.8 Å². The second kappa shape index (κ2) is 9.19. The van der Waals surface area contributed by atoms with Gasteiger partial charge in [-0.05, 0) is 69.5 Å². The molecule has 1 aromatic carbocycles. The number of nitrogens with zero attached hydrogens (tertiary/aromatic N) is 3. The Labute approximate surface area is 157 Å². The normalized spacial score (nSPS) is 18.4. The second-order valence-corrected chi connectivity index (χ2v) is 7.65. The van der Waals surface area contributed by atoms with Crippen LogP contribution < -0.4 is 4.74 Å². The average molecular weight is 357 g/mol. The Morgan fingerprint density at radius 3 is 2.81 bits per heavy atom. The van der Waals surface area contributed by atoms with E-state index < -0.39 is 0 Å². The van der Waals surface area contributed by atoms with Gasteiger partial charge in [0.1, 0.15) is 5.75 Å². The molecule has 0 aliphatic carbocycles. The summed E-state index contributed by atoms with van der Waals surface area (Å²) in [6.45, 7) is 7.70. The fourth-order valence-corrected chi connectivity index (χ4v) is 3.92. The standard InChI is InChI=1S/C21H32N4O/c1-17-13-20(23-22-17)16-24(2)14-19-5-4-11-25(15-19)12-10-18-6-8-21(26-3)9-7-18/h6-9,13,19H,4-5,10-12,14-16H2,1-3H3,(H,22,23). The van der Waals surface area contributed by atoms with Crippen LogP contribution in [-0.2, 0) is 13.0 Å². The van der Waals surface area contributed by atoms with Gasteiger partial charge in [-0.25, -0.2) is 0 Å². The number of aryl methyl sites for hydroxylation is 1. The van der Waals surface area contributed by atoms with Crippen molar-refractivity contribution >= 4 is 0 Å². The van der Waals surface area contributed by atoms with Gasteiger partial charge in [-0.2, -0.15) is 5.10 Å². The number of aromatic nitrogens is 2. The van der Waals surface area contributed by atoms with Gasteiger partial charge in [-0.3, -0.25) is 5.10 Å². The van der Waals surface area contributed by atoms with Gasteiger partial charge in [0.05, 0.1) is 12.8 Å². The lowest BCUT2D eigenvalue weighted by molar-refractivity contribution is 0.142. The second-order valence-electron chi connectivity index (χ2n) is 7.65. The van der Waals surface area contributed by atoms with Gasteiger partial charge in [-0.1, -0.05) is 12.1 Å². The highest BCUT2D eigenvalue weighted by Crippen LogP contribution is 2.19. The highest BCUT2D eigenvalue weighted by atomic mass is 16.5. The zero-order chi connectivity index (χ0) is 18.4. The largest absolute Gasteiger partial charge is 0.497 e. The summed E-state index contributed by atoms with van der Waals surface area (Å²) < 4.78 is 5.24. The van der Waals surface area contributed by atoms with Crippen molar-refractivity contribution in [1.29, 1.82) is 0 Å². The van der Waals surface area contributed by atoms with Gasteiger partial charge in [0, 0.05) is 31.9 Å². The minimum Gasteiger partial charge on any atom is -0.497 e. The monoisotopic (exact) mass is 356 g/mol. The van der Waals surface area contributed by atoms with Crippen LogP contribution in [0.5, 0.6) is 5.75 Å². The van der Waals surface area contributed by atoms with Gasteiger partial charge >= 0.3 is 0 Å². The van der Waals surface area contributed by atoms with E-state index in [1.807, 2.05) is 0 Å². The molecule has 0 radical (unpaired) electrons. The molecule has 0 amide bonds. The molecule has 1 N–H and O–H groups in total. The van der Waals surface area contributed by atoms with Gasteiger partial charge in [0.15, 0.2) is 0 Å². The van der Waals surface area contributed by atoms with E-state index in [0.29, 0.717) is 0 Å². The number of benzene rings is 1. The van der Waals surface area contributed by atoms with Gasteiger partial charge in [-0.15, -0.1) is 0 Å². The molecular weight excluding hydrogens is 324 g/mol.